The SMILES string of the molecule is COC1CCc2ccc(C)cc2-c2cc(C)ccc21. The van der Waals surface area contributed by atoms with Crippen LogP contribution in [-0.4, -0.2) is 7.11 Å². The van der Waals surface area contributed by atoms with Crippen LogP contribution in [0, 0.1) is 13.8 Å². The fourth-order valence-electron chi connectivity index (χ4n) is 3.03. The van der Waals surface area contributed by atoms with E-state index in [1.165, 1.54) is 33.4 Å². The van der Waals surface area contributed by atoms with E-state index in [4.69, 9.17) is 4.74 Å². The molecule has 0 aliphatic heterocycles. The average Bonchev–Trinajstić information content (AvgIpc) is 2.55. The second kappa shape index (κ2) is 4.82. The van der Waals surface area contributed by atoms with Crippen LogP contribution in [0.1, 0.15) is 34.8 Å². The Bertz CT molecular complexity index is 613. The lowest BCUT2D eigenvalue weighted by Crippen LogP contribution is -2.02. The van der Waals surface area contributed by atoms with E-state index in [-0.39, 0.29) is 6.10 Å². The number of hydrogen-bond acceptors (Lipinski definition) is 1. The van der Waals surface area contributed by atoms with E-state index >= 15 is 0 Å². The monoisotopic (exact) mass is 252 g/mol. The van der Waals surface area contributed by atoms with Crippen molar-refractivity contribution in [2.75, 3.05) is 7.11 Å². The van der Waals surface area contributed by atoms with Gasteiger partial charge in [0.25, 0.3) is 0 Å². The molecule has 0 heterocycles. The van der Waals surface area contributed by atoms with Gasteiger partial charge < -0.3 is 4.74 Å². The molecular weight excluding hydrogens is 232 g/mol. The molecule has 0 fully saturated rings. The van der Waals surface area contributed by atoms with Gasteiger partial charge in [0.05, 0.1) is 6.10 Å². The van der Waals surface area contributed by atoms with Gasteiger partial charge in [-0.2, -0.15) is 0 Å². The minimum absolute atomic E-state index is 0.211. The van der Waals surface area contributed by atoms with Gasteiger partial charge in [-0.3, -0.25) is 0 Å². The van der Waals surface area contributed by atoms with Crippen LogP contribution in [0.25, 0.3) is 11.1 Å². The number of benzene rings is 2. The Balaban J connectivity index is 2.27. The van der Waals surface area contributed by atoms with E-state index in [0.717, 1.165) is 12.8 Å². The largest absolute Gasteiger partial charge is 0.377 e. The molecule has 1 atom stereocenters. The highest BCUT2D eigenvalue weighted by molar-refractivity contribution is 5.73. The smallest absolute Gasteiger partial charge is 0.0830 e. The Morgan fingerprint density at radius 2 is 1.63 bits per heavy atom. The average molecular weight is 252 g/mol. The number of aryl methyl sites for hydroxylation is 3. The molecule has 0 saturated heterocycles. The third-order valence-electron chi connectivity index (χ3n) is 4.07. The van der Waals surface area contributed by atoms with Gasteiger partial charge in [-0.05, 0) is 48.9 Å². The summed E-state index contributed by atoms with van der Waals surface area (Å²) in [6.07, 6.45) is 2.35. The Morgan fingerprint density at radius 1 is 0.947 bits per heavy atom. The summed E-state index contributed by atoms with van der Waals surface area (Å²) in [5, 5.41) is 0. The normalized spacial score (nSPS) is 17.5. The third kappa shape index (κ3) is 2.19. The van der Waals surface area contributed by atoms with E-state index in [1.807, 2.05) is 7.11 Å². The lowest BCUT2D eigenvalue weighted by molar-refractivity contribution is 0.0971. The molecule has 0 saturated carbocycles. The zero-order valence-electron chi connectivity index (χ0n) is 11.9. The zero-order valence-corrected chi connectivity index (χ0v) is 11.9. The van der Waals surface area contributed by atoms with Crippen molar-refractivity contribution in [1.82, 2.24) is 0 Å². The molecule has 1 aliphatic carbocycles. The van der Waals surface area contributed by atoms with Gasteiger partial charge in [-0.1, -0.05) is 47.5 Å². The molecule has 98 valence electrons. The summed E-state index contributed by atoms with van der Waals surface area (Å²) in [5.74, 6) is 0. The van der Waals surface area contributed by atoms with Crippen molar-refractivity contribution in [2.45, 2.75) is 32.8 Å². The van der Waals surface area contributed by atoms with Crippen molar-refractivity contribution in [3.8, 4) is 11.1 Å². The molecule has 1 unspecified atom stereocenters. The lowest BCUT2D eigenvalue weighted by atomic mass is 9.93. The fourth-order valence-corrected chi connectivity index (χ4v) is 3.03. The van der Waals surface area contributed by atoms with Crippen LogP contribution in [0.15, 0.2) is 36.4 Å². The van der Waals surface area contributed by atoms with Crippen molar-refractivity contribution in [2.24, 2.45) is 0 Å². The Hall–Kier alpha value is -1.60. The van der Waals surface area contributed by atoms with E-state index in [2.05, 4.69) is 50.2 Å². The van der Waals surface area contributed by atoms with Gasteiger partial charge in [0.15, 0.2) is 0 Å². The van der Waals surface area contributed by atoms with Gasteiger partial charge in [-0.25, -0.2) is 0 Å². The standard InChI is InChI=1S/C18H20O/c1-12-4-6-14-7-9-18(19-3)15-8-5-13(2)11-17(15)16(14)10-12/h4-6,8,10-11,18H,7,9H2,1-3H3. The molecule has 2 aromatic rings. The van der Waals surface area contributed by atoms with Crippen LogP contribution in [0.4, 0.5) is 0 Å². The minimum Gasteiger partial charge on any atom is -0.377 e. The molecule has 0 spiro atoms. The summed E-state index contributed by atoms with van der Waals surface area (Å²) in [6, 6.07) is 13.5. The highest BCUT2D eigenvalue weighted by Gasteiger charge is 2.21. The first-order chi connectivity index (χ1) is 9.19. The molecule has 0 bridgehead atoms. The van der Waals surface area contributed by atoms with E-state index < -0.39 is 0 Å². The van der Waals surface area contributed by atoms with Crippen LogP contribution in [0.2, 0.25) is 0 Å². The molecule has 1 heteroatoms. The predicted molar refractivity (Wildman–Crippen MR) is 79.4 cm³/mol. The predicted octanol–water partition coefficient (Wildman–Crippen LogP) is 4.60. The lowest BCUT2D eigenvalue weighted by Gasteiger charge is -2.16. The molecular formula is C18H20O. The molecule has 19 heavy (non-hydrogen) atoms. The zero-order chi connectivity index (χ0) is 13.4. The first-order valence-corrected chi connectivity index (χ1v) is 6.92. The topological polar surface area (TPSA) is 9.23 Å². The van der Waals surface area contributed by atoms with Gasteiger partial charge in [0.1, 0.15) is 0 Å². The molecule has 3 rings (SSSR count). The van der Waals surface area contributed by atoms with E-state index in [0.29, 0.717) is 0 Å². The van der Waals surface area contributed by atoms with Gasteiger partial charge in [-0.15, -0.1) is 0 Å². The van der Waals surface area contributed by atoms with Crippen LogP contribution >= 0.6 is 0 Å². The second-order valence-electron chi connectivity index (χ2n) is 5.51. The maximum atomic E-state index is 5.70. The minimum atomic E-state index is 0.211. The Morgan fingerprint density at radius 3 is 2.37 bits per heavy atom. The van der Waals surface area contributed by atoms with Gasteiger partial charge >= 0.3 is 0 Å². The number of methoxy groups -OCH3 is 1. The first-order valence-electron chi connectivity index (χ1n) is 6.92. The molecule has 2 aromatic carbocycles. The summed E-state index contributed by atoms with van der Waals surface area (Å²) >= 11 is 0. The molecule has 1 nitrogen and oxygen atoms in total. The van der Waals surface area contributed by atoms with Crippen LogP contribution in [0.3, 0.4) is 0 Å². The molecule has 0 aromatic heterocycles. The number of ether oxygens (including phenoxy) is 1. The van der Waals surface area contributed by atoms with Gasteiger partial charge in [0, 0.05) is 7.11 Å². The quantitative estimate of drug-likeness (QED) is 0.720. The highest BCUT2D eigenvalue weighted by atomic mass is 16.5. The highest BCUT2D eigenvalue weighted by Crippen LogP contribution is 2.39. The van der Waals surface area contributed by atoms with Crippen molar-refractivity contribution >= 4 is 0 Å². The molecule has 0 amide bonds. The van der Waals surface area contributed by atoms with Crippen molar-refractivity contribution < 1.29 is 4.74 Å². The Kier molecular flexibility index (Phi) is 3.16. The first kappa shape index (κ1) is 12.4. The summed E-state index contributed by atoms with van der Waals surface area (Å²) in [5.41, 5.74) is 8.14. The Labute approximate surface area is 115 Å². The summed E-state index contributed by atoms with van der Waals surface area (Å²) < 4.78 is 5.70. The molecule has 0 radical (unpaired) electrons. The summed E-state index contributed by atoms with van der Waals surface area (Å²) in [6.45, 7) is 4.32. The third-order valence-corrected chi connectivity index (χ3v) is 4.07. The number of hydrogen-bond donors (Lipinski definition) is 0. The number of fused-ring (bicyclic) bond motifs is 3. The van der Waals surface area contributed by atoms with Crippen molar-refractivity contribution in [3.63, 3.8) is 0 Å². The van der Waals surface area contributed by atoms with Crippen LogP contribution in [0.5, 0.6) is 0 Å². The molecule has 0 N–H and O–H groups in total. The second-order valence-corrected chi connectivity index (χ2v) is 5.51. The van der Waals surface area contributed by atoms with E-state index in [9.17, 15) is 0 Å². The fraction of sp³-hybridized carbons (Fsp3) is 0.333. The maximum absolute atomic E-state index is 5.70. The summed E-state index contributed by atoms with van der Waals surface area (Å²) in [7, 11) is 1.82. The number of rotatable bonds is 1. The molecule has 1 aliphatic rings. The van der Waals surface area contributed by atoms with E-state index in [1.54, 1.807) is 0 Å². The maximum Gasteiger partial charge on any atom is 0.0830 e. The van der Waals surface area contributed by atoms with Gasteiger partial charge in [0.2, 0.25) is 0 Å². The van der Waals surface area contributed by atoms with Crippen molar-refractivity contribution in [3.05, 3.63) is 58.7 Å². The van der Waals surface area contributed by atoms with Crippen LogP contribution < -0.4 is 0 Å². The van der Waals surface area contributed by atoms with Crippen LogP contribution in [-0.2, 0) is 11.2 Å². The summed E-state index contributed by atoms with van der Waals surface area (Å²) in [4.78, 5) is 0. The van der Waals surface area contributed by atoms with Crippen molar-refractivity contribution in [1.29, 1.82) is 0 Å².